The minimum atomic E-state index is -0.292. The zero-order chi connectivity index (χ0) is 21.5. The van der Waals surface area contributed by atoms with Crippen LogP contribution < -0.4 is 5.32 Å². The first-order valence-electron chi connectivity index (χ1n) is 10.3. The molecule has 0 fully saturated rings. The highest BCUT2D eigenvalue weighted by Crippen LogP contribution is 2.22. The lowest BCUT2D eigenvalue weighted by Crippen LogP contribution is -2.22. The quantitative estimate of drug-likeness (QED) is 0.591. The van der Waals surface area contributed by atoms with Gasteiger partial charge in [-0.25, -0.2) is 4.39 Å². The smallest absolute Gasteiger partial charge is 0.224 e. The van der Waals surface area contributed by atoms with E-state index in [1.165, 1.54) is 23.3 Å². The summed E-state index contributed by atoms with van der Waals surface area (Å²) in [5, 5.41) is 2.84. The second-order valence-corrected chi connectivity index (χ2v) is 5.99. The number of carbonyl (C=O) groups is 1. The molecule has 0 aromatic heterocycles. The van der Waals surface area contributed by atoms with E-state index in [0.717, 1.165) is 17.6 Å². The van der Waals surface area contributed by atoms with Gasteiger partial charge in [-0.05, 0) is 40.8 Å². The van der Waals surface area contributed by atoms with E-state index >= 15 is 0 Å². The Morgan fingerprint density at radius 2 is 1.69 bits per heavy atom. The molecule has 29 heavy (non-hydrogen) atoms. The highest BCUT2D eigenvalue weighted by atomic mass is 19.1. The lowest BCUT2D eigenvalue weighted by Gasteiger charge is -2.06. The second-order valence-electron chi connectivity index (χ2n) is 5.99. The van der Waals surface area contributed by atoms with Crippen molar-refractivity contribution >= 4 is 11.5 Å². The maximum Gasteiger partial charge on any atom is 0.224 e. The first kappa shape index (κ1) is 24.1. The van der Waals surface area contributed by atoms with Crippen molar-refractivity contribution in [3.63, 3.8) is 0 Å². The molecule has 0 radical (unpaired) electrons. The van der Waals surface area contributed by atoms with Crippen molar-refractivity contribution in [1.82, 2.24) is 5.32 Å². The van der Waals surface area contributed by atoms with Crippen molar-refractivity contribution in [2.45, 2.75) is 47.1 Å². The summed E-state index contributed by atoms with van der Waals surface area (Å²) in [5.74, 6) is -0.364. The van der Waals surface area contributed by atoms with E-state index in [-0.39, 0.29) is 11.7 Å². The summed E-state index contributed by atoms with van der Waals surface area (Å²) in [5.41, 5.74) is 4.14. The fourth-order valence-corrected chi connectivity index (χ4v) is 2.75. The maximum absolute atomic E-state index is 13.1. The Labute approximate surface area is 174 Å². The summed E-state index contributed by atoms with van der Waals surface area (Å²) in [6.07, 6.45) is 9.29. The van der Waals surface area contributed by atoms with Crippen LogP contribution in [0.5, 0.6) is 0 Å². The SMILES string of the molecule is CC.CC.O=C(CC1=CC=C(c2ccccc2)CC=C1)NCc1cccc(F)c1. The van der Waals surface area contributed by atoms with Crippen LogP contribution in [-0.2, 0) is 11.3 Å². The average molecular weight is 394 g/mol. The molecule has 0 aliphatic heterocycles. The zero-order valence-corrected chi connectivity index (χ0v) is 17.9. The van der Waals surface area contributed by atoms with Crippen molar-refractivity contribution in [3.05, 3.63) is 101 Å². The topological polar surface area (TPSA) is 29.1 Å². The Balaban J connectivity index is 0.000000989. The molecule has 0 saturated carbocycles. The van der Waals surface area contributed by atoms with E-state index in [2.05, 4.69) is 29.6 Å². The Kier molecular flexibility index (Phi) is 11.7. The van der Waals surface area contributed by atoms with Gasteiger partial charge in [0.25, 0.3) is 0 Å². The zero-order valence-electron chi connectivity index (χ0n) is 17.9. The predicted octanol–water partition coefficient (Wildman–Crippen LogP) is 6.85. The van der Waals surface area contributed by atoms with Crippen molar-refractivity contribution in [2.24, 2.45) is 0 Å². The third-order valence-corrected chi connectivity index (χ3v) is 4.06. The van der Waals surface area contributed by atoms with Crippen LogP contribution in [0.2, 0.25) is 0 Å². The largest absolute Gasteiger partial charge is 0.352 e. The van der Waals surface area contributed by atoms with E-state index in [4.69, 9.17) is 0 Å². The van der Waals surface area contributed by atoms with Gasteiger partial charge >= 0.3 is 0 Å². The van der Waals surface area contributed by atoms with Gasteiger partial charge in [0.1, 0.15) is 5.82 Å². The number of benzene rings is 2. The Bertz CT molecular complexity index is 835. The van der Waals surface area contributed by atoms with Gasteiger partial charge in [-0.2, -0.15) is 0 Å². The molecule has 154 valence electrons. The van der Waals surface area contributed by atoms with Crippen molar-refractivity contribution < 1.29 is 9.18 Å². The summed E-state index contributed by atoms with van der Waals surface area (Å²) in [6.45, 7) is 8.33. The van der Waals surface area contributed by atoms with Gasteiger partial charge in [0.15, 0.2) is 0 Å². The van der Waals surface area contributed by atoms with Crippen LogP contribution >= 0.6 is 0 Å². The lowest BCUT2D eigenvalue weighted by molar-refractivity contribution is -0.120. The van der Waals surface area contributed by atoms with Crippen molar-refractivity contribution in [3.8, 4) is 0 Å². The average Bonchev–Trinajstić information content (AvgIpc) is 3.01. The summed E-state index contributed by atoms with van der Waals surface area (Å²) in [7, 11) is 0. The summed E-state index contributed by atoms with van der Waals surface area (Å²) < 4.78 is 13.1. The van der Waals surface area contributed by atoms with E-state index in [1.807, 2.05) is 58.0 Å². The van der Waals surface area contributed by atoms with Crippen LogP contribution in [-0.4, -0.2) is 5.91 Å². The number of carbonyl (C=O) groups excluding carboxylic acids is 1. The van der Waals surface area contributed by atoms with Gasteiger partial charge in [0.2, 0.25) is 5.91 Å². The number of nitrogens with one attached hydrogen (secondary N) is 1. The molecule has 2 aromatic rings. The van der Waals surface area contributed by atoms with Crippen LogP contribution in [0, 0.1) is 5.82 Å². The van der Waals surface area contributed by atoms with E-state index in [9.17, 15) is 9.18 Å². The Morgan fingerprint density at radius 3 is 2.38 bits per heavy atom. The van der Waals surface area contributed by atoms with Gasteiger partial charge in [-0.1, -0.05) is 94.5 Å². The van der Waals surface area contributed by atoms with Crippen LogP contribution in [0.25, 0.3) is 5.57 Å². The van der Waals surface area contributed by atoms with Crippen molar-refractivity contribution in [2.75, 3.05) is 0 Å². The Hall–Kier alpha value is -2.94. The predicted molar refractivity (Wildman–Crippen MR) is 122 cm³/mol. The number of halogens is 1. The molecule has 1 aliphatic carbocycles. The molecule has 2 aromatic carbocycles. The molecule has 3 heteroatoms. The first-order chi connectivity index (χ1) is 14.2. The van der Waals surface area contributed by atoms with Crippen LogP contribution in [0.3, 0.4) is 0 Å². The van der Waals surface area contributed by atoms with Gasteiger partial charge < -0.3 is 5.32 Å². The number of amides is 1. The lowest BCUT2D eigenvalue weighted by atomic mass is 10.0. The number of hydrogen-bond donors (Lipinski definition) is 1. The number of hydrogen-bond acceptors (Lipinski definition) is 1. The minimum absolute atomic E-state index is 0.0725. The fourth-order valence-electron chi connectivity index (χ4n) is 2.75. The van der Waals surface area contributed by atoms with Crippen LogP contribution in [0.1, 0.15) is 51.7 Å². The Morgan fingerprint density at radius 1 is 0.966 bits per heavy atom. The number of rotatable bonds is 5. The highest BCUT2D eigenvalue weighted by Gasteiger charge is 2.07. The van der Waals surface area contributed by atoms with Gasteiger partial charge in [-0.3, -0.25) is 4.79 Å². The summed E-state index contributed by atoms with van der Waals surface area (Å²) in [6, 6.07) is 16.5. The van der Waals surface area contributed by atoms with Gasteiger partial charge in [0, 0.05) is 6.54 Å². The molecule has 0 heterocycles. The second kappa shape index (κ2) is 14.1. The standard InChI is InChI=1S/C22H20FNO.2C2H6/c23-21-11-5-7-18(14-21)16-24-22(25)15-17-6-4-10-20(13-12-17)19-8-2-1-3-9-19;2*1-2/h1-9,11-14H,10,15-16H2,(H,24,25);2*1-2H3. The third-order valence-electron chi connectivity index (χ3n) is 4.06. The van der Waals surface area contributed by atoms with E-state index in [0.29, 0.717) is 13.0 Å². The molecule has 1 aliphatic rings. The normalized spacial score (nSPS) is 12.2. The highest BCUT2D eigenvalue weighted by molar-refractivity contribution is 5.80. The minimum Gasteiger partial charge on any atom is -0.352 e. The fraction of sp³-hybridized carbons (Fsp3) is 0.269. The summed E-state index contributed by atoms with van der Waals surface area (Å²) >= 11 is 0. The molecule has 0 bridgehead atoms. The molecule has 3 rings (SSSR count). The molecular weight excluding hydrogens is 361 g/mol. The number of allylic oxidation sites excluding steroid dienone is 5. The van der Waals surface area contributed by atoms with Gasteiger partial charge in [0.05, 0.1) is 6.42 Å². The first-order valence-corrected chi connectivity index (χ1v) is 10.3. The molecule has 0 atom stereocenters. The summed E-state index contributed by atoms with van der Waals surface area (Å²) in [4.78, 5) is 12.1. The van der Waals surface area contributed by atoms with Gasteiger partial charge in [-0.15, -0.1) is 0 Å². The third kappa shape index (κ3) is 8.73. The monoisotopic (exact) mass is 393 g/mol. The maximum atomic E-state index is 13.1. The molecule has 1 N–H and O–H groups in total. The molecule has 0 spiro atoms. The van der Waals surface area contributed by atoms with E-state index < -0.39 is 0 Å². The van der Waals surface area contributed by atoms with Crippen LogP contribution in [0.15, 0.2) is 84.5 Å². The van der Waals surface area contributed by atoms with Crippen molar-refractivity contribution in [1.29, 1.82) is 0 Å². The molecule has 2 nitrogen and oxygen atoms in total. The molecule has 0 saturated heterocycles. The molecule has 0 unspecified atom stereocenters. The van der Waals surface area contributed by atoms with E-state index in [1.54, 1.807) is 12.1 Å². The van der Waals surface area contributed by atoms with Crippen LogP contribution in [0.4, 0.5) is 4.39 Å². The molecular formula is C26H32FNO. The molecule has 1 amide bonds.